The number of likely N-dealkylation sites (N-methyl/N-ethyl adjacent to an activating group) is 1. The Morgan fingerprint density at radius 3 is 2.40 bits per heavy atom. The first-order chi connectivity index (χ1) is 9.51. The van der Waals surface area contributed by atoms with Crippen LogP contribution in [0.3, 0.4) is 0 Å². The summed E-state index contributed by atoms with van der Waals surface area (Å²) in [4.78, 5) is 2.36. The summed E-state index contributed by atoms with van der Waals surface area (Å²) in [5, 5.41) is 3.45. The number of nitrogens with zero attached hydrogens (tertiary/aromatic N) is 1. The molecule has 2 unspecified atom stereocenters. The van der Waals surface area contributed by atoms with Crippen LogP contribution in [-0.4, -0.2) is 37.7 Å². The van der Waals surface area contributed by atoms with E-state index in [2.05, 4.69) is 31.0 Å². The minimum absolute atomic E-state index is 0.0218. The zero-order chi connectivity index (χ0) is 15.1. The fourth-order valence-corrected chi connectivity index (χ4v) is 2.42. The lowest BCUT2D eigenvalue weighted by Gasteiger charge is -2.26. The van der Waals surface area contributed by atoms with E-state index in [-0.39, 0.29) is 11.9 Å². The van der Waals surface area contributed by atoms with Crippen LogP contribution in [0.2, 0.25) is 0 Å². The Balaban J connectivity index is 2.64. The molecular weight excluding hydrogens is 255 g/mol. The van der Waals surface area contributed by atoms with E-state index in [1.54, 1.807) is 19.2 Å². The third-order valence-electron chi connectivity index (χ3n) is 3.64. The highest BCUT2D eigenvalue weighted by atomic mass is 19.1. The Kier molecular flexibility index (Phi) is 6.96. The highest BCUT2D eigenvalue weighted by Crippen LogP contribution is 2.22. The Bertz CT molecular complexity index is 407. The van der Waals surface area contributed by atoms with E-state index >= 15 is 0 Å². The van der Waals surface area contributed by atoms with Crippen LogP contribution in [0.5, 0.6) is 5.75 Å². The summed E-state index contributed by atoms with van der Waals surface area (Å²) in [5.41, 5.74) is 0.678. The van der Waals surface area contributed by atoms with Crippen molar-refractivity contribution in [2.75, 3.05) is 26.7 Å². The molecule has 2 atom stereocenters. The predicted octanol–water partition coefficient (Wildman–Crippen LogP) is 3.22. The third kappa shape index (κ3) is 4.76. The first kappa shape index (κ1) is 16.9. The molecule has 0 aliphatic carbocycles. The van der Waals surface area contributed by atoms with Crippen molar-refractivity contribution < 1.29 is 9.13 Å². The van der Waals surface area contributed by atoms with Gasteiger partial charge < -0.3 is 15.0 Å². The molecule has 0 aliphatic heterocycles. The fraction of sp³-hybridized carbons (Fsp3) is 0.625. The highest BCUT2D eigenvalue weighted by Gasteiger charge is 2.15. The third-order valence-corrected chi connectivity index (χ3v) is 3.64. The van der Waals surface area contributed by atoms with E-state index in [1.807, 2.05) is 6.92 Å². The molecule has 0 saturated heterocycles. The van der Waals surface area contributed by atoms with Crippen LogP contribution in [-0.2, 0) is 0 Å². The van der Waals surface area contributed by atoms with Gasteiger partial charge in [-0.3, -0.25) is 0 Å². The van der Waals surface area contributed by atoms with Crippen molar-refractivity contribution in [3.05, 3.63) is 29.6 Å². The number of ether oxygens (including phenoxy) is 1. The van der Waals surface area contributed by atoms with E-state index < -0.39 is 0 Å². The second-order valence-electron chi connectivity index (χ2n) is 5.16. The standard InChI is InChI=1S/C16H27FN2O/c1-6-19(7-2)11-12(3)18-13(4)15-9-8-14(20-5)10-16(15)17/h8-10,12-13,18H,6-7,11H2,1-5H3. The largest absolute Gasteiger partial charge is 0.497 e. The maximum Gasteiger partial charge on any atom is 0.131 e. The monoisotopic (exact) mass is 282 g/mol. The lowest BCUT2D eigenvalue weighted by atomic mass is 10.1. The van der Waals surface area contributed by atoms with Gasteiger partial charge in [0.25, 0.3) is 0 Å². The van der Waals surface area contributed by atoms with Crippen molar-refractivity contribution >= 4 is 0 Å². The summed E-state index contributed by atoms with van der Waals surface area (Å²) in [6, 6.07) is 5.31. The maximum absolute atomic E-state index is 14.0. The normalized spacial score (nSPS) is 14.3. The number of rotatable bonds is 8. The number of halogens is 1. The lowest BCUT2D eigenvalue weighted by Crippen LogP contribution is -2.40. The quantitative estimate of drug-likeness (QED) is 0.792. The zero-order valence-corrected chi connectivity index (χ0v) is 13.2. The second kappa shape index (κ2) is 8.22. The Hall–Kier alpha value is -1.13. The molecule has 0 spiro atoms. The molecule has 114 valence electrons. The predicted molar refractivity (Wildman–Crippen MR) is 81.8 cm³/mol. The summed E-state index contributed by atoms with van der Waals surface area (Å²) >= 11 is 0. The highest BCUT2D eigenvalue weighted by molar-refractivity contribution is 5.30. The van der Waals surface area contributed by atoms with Gasteiger partial charge >= 0.3 is 0 Å². The lowest BCUT2D eigenvalue weighted by molar-refractivity contribution is 0.263. The summed E-state index contributed by atoms with van der Waals surface area (Å²) < 4.78 is 19.0. The van der Waals surface area contributed by atoms with Crippen LogP contribution >= 0.6 is 0 Å². The molecule has 1 aromatic rings. The minimum atomic E-state index is -0.223. The summed E-state index contributed by atoms with van der Waals surface area (Å²) in [6.07, 6.45) is 0. The number of benzene rings is 1. The van der Waals surface area contributed by atoms with E-state index in [9.17, 15) is 4.39 Å². The van der Waals surface area contributed by atoms with Crippen molar-refractivity contribution in [1.82, 2.24) is 10.2 Å². The number of methoxy groups -OCH3 is 1. The smallest absolute Gasteiger partial charge is 0.131 e. The number of hydrogen-bond donors (Lipinski definition) is 1. The van der Waals surface area contributed by atoms with E-state index in [0.29, 0.717) is 17.4 Å². The zero-order valence-electron chi connectivity index (χ0n) is 13.2. The van der Waals surface area contributed by atoms with Crippen molar-refractivity contribution in [2.45, 2.75) is 39.8 Å². The van der Waals surface area contributed by atoms with Gasteiger partial charge in [0.2, 0.25) is 0 Å². The molecule has 0 fully saturated rings. The van der Waals surface area contributed by atoms with Crippen molar-refractivity contribution in [3.8, 4) is 5.75 Å². The molecule has 0 aromatic heterocycles. The van der Waals surface area contributed by atoms with Gasteiger partial charge in [0.15, 0.2) is 0 Å². The fourth-order valence-electron chi connectivity index (χ4n) is 2.42. The van der Waals surface area contributed by atoms with Gasteiger partial charge in [-0.2, -0.15) is 0 Å². The average molecular weight is 282 g/mol. The van der Waals surface area contributed by atoms with Gasteiger partial charge in [-0.15, -0.1) is 0 Å². The topological polar surface area (TPSA) is 24.5 Å². The van der Waals surface area contributed by atoms with Crippen LogP contribution in [0.25, 0.3) is 0 Å². The van der Waals surface area contributed by atoms with Crippen LogP contribution in [0.4, 0.5) is 4.39 Å². The molecule has 3 nitrogen and oxygen atoms in total. The van der Waals surface area contributed by atoms with E-state index in [0.717, 1.165) is 19.6 Å². The molecule has 0 heterocycles. The number of hydrogen-bond acceptors (Lipinski definition) is 3. The van der Waals surface area contributed by atoms with Gasteiger partial charge in [-0.05, 0) is 33.0 Å². The van der Waals surface area contributed by atoms with Crippen molar-refractivity contribution in [3.63, 3.8) is 0 Å². The van der Waals surface area contributed by atoms with Gasteiger partial charge in [0.05, 0.1) is 7.11 Å². The van der Waals surface area contributed by atoms with Crippen molar-refractivity contribution in [1.29, 1.82) is 0 Å². The molecule has 1 rings (SSSR count). The Morgan fingerprint density at radius 2 is 1.90 bits per heavy atom. The molecule has 0 radical (unpaired) electrons. The van der Waals surface area contributed by atoms with Crippen LogP contribution in [0.1, 0.15) is 39.3 Å². The minimum Gasteiger partial charge on any atom is -0.497 e. The van der Waals surface area contributed by atoms with Crippen LogP contribution < -0.4 is 10.1 Å². The number of nitrogens with one attached hydrogen (secondary N) is 1. The first-order valence-electron chi connectivity index (χ1n) is 7.33. The van der Waals surface area contributed by atoms with E-state index in [4.69, 9.17) is 4.74 Å². The molecule has 0 bridgehead atoms. The van der Waals surface area contributed by atoms with Crippen molar-refractivity contribution in [2.24, 2.45) is 0 Å². The molecule has 1 N–H and O–H groups in total. The van der Waals surface area contributed by atoms with E-state index in [1.165, 1.54) is 6.07 Å². The van der Waals surface area contributed by atoms with Gasteiger partial charge in [-0.1, -0.05) is 19.9 Å². The second-order valence-corrected chi connectivity index (χ2v) is 5.16. The maximum atomic E-state index is 14.0. The molecular formula is C16H27FN2O. The molecule has 20 heavy (non-hydrogen) atoms. The molecule has 0 aliphatic rings. The SMILES string of the molecule is CCN(CC)CC(C)NC(C)c1ccc(OC)cc1F. The average Bonchev–Trinajstić information content (AvgIpc) is 2.44. The summed E-state index contributed by atoms with van der Waals surface area (Å²) in [7, 11) is 1.54. The Labute approximate surface area is 122 Å². The molecule has 1 aromatic carbocycles. The van der Waals surface area contributed by atoms with Gasteiger partial charge in [-0.25, -0.2) is 4.39 Å². The van der Waals surface area contributed by atoms with Crippen LogP contribution in [0, 0.1) is 5.82 Å². The van der Waals surface area contributed by atoms with Gasteiger partial charge in [0, 0.05) is 30.3 Å². The molecule has 4 heteroatoms. The Morgan fingerprint density at radius 1 is 1.25 bits per heavy atom. The molecule has 0 saturated carbocycles. The summed E-state index contributed by atoms with van der Waals surface area (Å²) in [5.74, 6) is 0.328. The van der Waals surface area contributed by atoms with Crippen LogP contribution in [0.15, 0.2) is 18.2 Å². The molecule has 0 amide bonds. The first-order valence-corrected chi connectivity index (χ1v) is 7.33. The summed E-state index contributed by atoms with van der Waals surface area (Å²) in [6.45, 7) is 11.5. The van der Waals surface area contributed by atoms with Gasteiger partial charge in [0.1, 0.15) is 11.6 Å².